The van der Waals surface area contributed by atoms with Gasteiger partial charge in [0, 0.05) is 29.3 Å². The molecular weight excluding hydrogens is 468 g/mol. The van der Waals surface area contributed by atoms with E-state index >= 15 is 0 Å². The summed E-state index contributed by atoms with van der Waals surface area (Å²) in [7, 11) is 0. The monoisotopic (exact) mass is 494 g/mol. The van der Waals surface area contributed by atoms with Crippen LogP contribution < -0.4 is 0 Å². The van der Waals surface area contributed by atoms with Gasteiger partial charge in [-0.15, -0.1) is 0 Å². The third kappa shape index (κ3) is 4.64. The molecule has 0 radical (unpaired) electrons. The minimum atomic E-state index is -0.430. The number of hydrogen-bond acceptors (Lipinski definition) is 4. The van der Waals surface area contributed by atoms with Crippen molar-refractivity contribution in [1.29, 1.82) is 0 Å². The van der Waals surface area contributed by atoms with Gasteiger partial charge in [-0.2, -0.15) is 0 Å². The zero-order chi connectivity index (χ0) is 25.2. The third-order valence-corrected chi connectivity index (χ3v) is 7.33. The fourth-order valence-electron chi connectivity index (χ4n) is 4.52. The van der Waals surface area contributed by atoms with Crippen molar-refractivity contribution in [2.24, 2.45) is 0 Å². The van der Waals surface area contributed by atoms with Gasteiger partial charge in [0.1, 0.15) is 0 Å². The highest BCUT2D eigenvalue weighted by Crippen LogP contribution is 2.35. The number of ketones is 1. The first-order valence-corrected chi connectivity index (χ1v) is 12.8. The second-order valence-electron chi connectivity index (χ2n) is 8.92. The van der Waals surface area contributed by atoms with E-state index in [4.69, 9.17) is 0 Å². The number of imide groups is 1. The highest BCUT2D eigenvalue weighted by Gasteiger charge is 2.36. The number of aromatic nitrogens is 1. The zero-order valence-electron chi connectivity index (χ0n) is 20.2. The van der Waals surface area contributed by atoms with Crippen molar-refractivity contribution in [3.63, 3.8) is 0 Å². The molecule has 0 saturated carbocycles. The van der Waals surface area contributed by atoms with E-state index in [9.17, 15) is 14.4 Å². The second-order valence-corrected chi connectivity index (χ2v) is 9.92. The first-order chi connectivity index (χ1) is 17.4. The van der Waals surface area contributed by atoms with Crippen molar-refractivity contribution in [3.05, 3.63) is 112 Å². The van der Waals surface area contributed by atoms with Crippen molar-refractivity contribution < 1.29 is 14.4 Å². The van der Waals surface area contributed by atoms with Gasteiger partial charge in [-0.25, -0.2) is 0 Å². The standard InChI is InChI=1S/C30H26N2O3S/c1-3-22-10-7-11-25-24(18-31(28(22)25)17-21-8-5-4-6-9-21)16-27-29(34)32(30(35)36-27)19-26(33)23-14-12-20(2)13-15-23/h4-16,18H,3,17,19H2,1-2H3/b27-16-. The maximum atomic E-state index is 13.2. The summed E-state index contributed by atoms with van der Waals surface area (Å²) < 4.78 is 2.21. The summed E-state index contributed by atoms with van der Waals surface area (Å²) in [5, 5.41) is 0.613. The van der Waals surface area contributed by atoms with Crippen LogP contribution in [-0.2, 0) is 17.8 Å². The van der Waals surface area contributed by atoms with Crippen LogP contribution in [0, 0.1) is 6.92 Å². The number of carbonyl (C=O) groups is 3. The summed E-state index contributed by atoms with van der Waals surface area (Å²) in [5.41, 5.74) is 5.94. The number of Topliss-reactive ketones (excluding diaryl/α,β-unsaturated/α-hetero) is 1. The quantitative estimate of drug-likeness (QED) is 0.218. The number of hydrogen-bond donors (Lipinski definition) is 0. The molecular formula is C30H26N2O3S. The molecule has 2 amide bonds. The molecule has 0 bridgehead atoms. The molecule has 36 heavy (non-hydrogen) atoms. The average Bonchev–Trinajstić information content (AvgIpc) is 3.36. The van der Waals surface area contributed by atoms with Crippen molar-refractivity contribution >= 4 is 45.7 Å². The molecule has 0 aliphatic carbocycles. The molecule has 5 rings (SSSR count). The zero-order valence-corrected chi connectivity index (χ0v) is 21.0. The van der Waals surface area contributed by atoms with E-state index in [1.54, 1.807) is 18.2 Å². The minimum absolute atomic E-state index is 0.259. The van der Waals surface area contributed by atoms with Crippen LogP contribution in [0.5, 0.6) is 0 Å². The maximum absolute atomic E-state index is 13.2. The highest BCUT2D eigenvalue weighted by molar-refractivity contribution is 8.18. The number of fused-ring (bicyclic) bond motifs is 1. The summed E-state index contributed by atoms with van der Waals surface area (Å²) in [4.78, 5) is 39.9. The number of benzene rings is 3. The smallest absolute Gasteiger partial charge is 0.293 e. The Morgan fingerprint density at radius 2 is 1.69 bits per heavy atom. The number of nitrogens with zero attached hydrogens (tertiary/aromatic N) is 2. The van der Waals surface area contributed by atoms with Gasteiger partial charge in [0.15, 0.2) is 5.78 Å². The molecule has 1 aromatic heterocycles. The van der Waals surface area contributed by atoms with Gasteiger partial charge in [0.25, 0.3) is 11.1 Å². The van der Waals surface area contributed by atoms with Crippen LogP contribution in [0.25, 0.3) is 17.0 Å². The van der Waals surface area contributed by atoms with Crippen LogP contribution in [0.1, 0.15) is 39.5 Å². The van der Waals surface area contributed by atoms with Crippen LogP contribution in [0.4, 0.5) is 4.79 Å². The van der Waals surface area contributed by atoms with Crippen molar-refractivity contribution in [3.8, 4) is 0 Å². The molecule has 0 atom stereocenters. The Morgan fingerprint density at radius 1 is 0.944 bits per heavy atom. The van der Waals surface area contributed by atoms with E-state index in [1.807, 2.05) is 55.6 Å². The maximum Gasteiger partial charge on any atom is 0.293 e. The Hall–Kier alpha value is -3.90. The third-order valence-electron chi connectivity index (χ3n) is 6.42. The Bertz CT molecular complexity index is 1500. The summed E-state index contributed by atoms with van der Waals surface area (Å²) in [6.07, 6.45) is 4.71. The van der Waals surface area contributed by atoms with E-state index in [2.05, 4.69) is 29.7 Å². The van der Waals surface area contributed by atoms with E-state index in [-0.39, 0.29) is 12.3 Å². The lowest BCUT2D eigenvalue weighted by molar-refractivity contribution is -0.122. The lowest BCUT2D eigenvalue weighted by atomic mass is 10.1. The lowest BCUT2D eigenvalue weighted by Gasteiger charge is -2.11. The van der Waals surface area contributed by atoms with Gasteiger partial charge in [-0.3, -0.25) is 19.3 Å². The molecule has 1 aliphatic heterocycles. The fourth-order valence-corrected chi connectivity index (χ4v) is 5.35. The Balaban J connectivity index is 1.46. The van der Waals surface area contributed by atoms with E-state index in [1.165, 1.54) is 11.1 Å². The number of para-hydroxylation sites is 1. The van der Waals surface area contributed by atoms with Gasteiger partial charge in [0.2, 0.25) is 0 Å². The van der Waals surface area contributed by atoms with E-state index in [0.717, 1.165) is 45.1 Å². The molecule has 1 saturated heterocycles. The van der Waals surface area contributed by atoms with Gasteiger partial charge in [-0.05, 0) is 42.3 Å². The van der Waals surface area contributed by atoms with Crippen molar-refractivity contribution in [2.45, 2.75) is 26.8 Å². The largest absolute Gasteiger partial charge is 0.342 e. The Morgan fingerprint density at radius 3 is 2.42 bits per heavy atom. The molecule has 2 heterocycles. The van der Waals surface area contributed by atoms with Gasteiger partial charge in [0.05, 0.1) is 17.0 Å². The van der Waals surface area contributed by atoms with E-state index < -0.39 is 11.1 Å². The van der Waals surface area contributed by atoms with Crippen molar-refractivity contribution in [1.82, 2.24) is 9.47 Å². The first kappa shape index (κ1) is 23.8. The topological polar surface area (TPSA) is 59.4 Å². The van der Waals surface area contributed by atoms with Crippen LogP contribution in [0.2, 0.25) is 0 Å². The number of thioether (sulfide) groups is 1. The molecule has 0 spiro atoms. The first-order valence-electron chi connectivity index (χ1n) is 11.9. The molecule has 4 aromatic rings. The Kier molecular flexibility index (Phi) is 6.61. The highest BCUT2D eigenvalue weighted by atomic mass is 32.2. The summed E-state index contributed by atoms with van der Waals surface area (Å²) in [5.74, 6) is -0.688. The molecule has 1 aliphatic rings. The van der Waals surface area contributed by atoms with Crippen LogP contribution in [-0.4, -0.2) is 32.9 Å². The molecule has 5 nitrogen and oxygen atoms in total. The van der Waals surface area contributed by atoms with Crippen LogP contribution in [0.15, 0.2) is 83.9 Å². The summed E-state index contributed by atoms with van der Waals surface area (Å²) in [6, 6.07) is 23.6. The predicted octanol–water partition coefficient (Wildman–Crippen LogP) is 6.48. The number of rotatable bonds is 7. The Labute approximate surface area is 214 Å². The molecule has 3 aromatic carbocycles. The average molecular weight is 495 g/mol. The SMILES string of the molecule is CCc1cccc2c(/C=C3\SC(=O)N(CC(=O)c4ccc(C)cc4)C3=O)cn(Cc3ccccc3)c12. The summed E-state index contributed by atoms with van der Waals surface area (Å²) in [6.45, 7) is 4.51. The summed E-state index contributed by atoms with van der Waals surface area (Å²) >= 11 is 0.885. The van der Waals surface area contributed by atoms with Crippen LogP contribution >= 0.6 is 11.8 Å². The molecule has 0 unspecified atom stereocenters. The molecule has 0 N–H and O–H groups in total. The molecule has 6 heteroatoms. The lowest BCUT2D eigenvalue weighted by Crippen LogP contribution is -2.33. The number of aryl methyl sites for hydroxylation is 2. The minimum Gasteiger partial charge on any atom is -0.342 e. The predicted molar refractivity (Wildman–Crippen MR) is 145 cm³/mol. The fraction of sp³-hybridized carbons (Fsp3) is 0.167. The normalized spacial score (nSPS) is 14.8. The van der Waals surface area contributed by atoms with E-state index in [0.29, 0.717) is 17.0 Å². The van der Waals surface area contributed by atoms with Gasteiger partial charge < -0.3 is 4.57 Å². The number of carbonyl (C=O) groups excluding carboxylic acids is 3. The van der Waals surface area contributed by atoms with Crippen molar-refractivity contribution in [2.75, 3.05) is 6.54 Å². The van der Waals surface area contributed by atoms with Gasteiger partial charge >= 0.3 is 0 Å². The molecule has 180 valence electrons. The van der Waals surface area contributed by atoms with Gasteiger partial charge in [-0.1, -0.05) is 85.3 Å². The molecule has 1 fully saturated rings. The van der Waals surface area contributed by atoms with Crippen LogP contribution in [0.3, 0.4) is 0 Å². The second kappa shape index (κ2) is 9.99. The number of amides is 2.